The number of halogens is 2. The van der Waals surface area contributed by atoms with Gasteiger partial charge < -0.3 is 5.32 Å². The van der Waals surface area contributed by atoms with Crippen LogP contribution in [0.5, 0.6) is 0 Å². The molecule has 0 unspecified atom stereocenters. The molecule has 1 amide bonds. The van der Waals surface area contributed by atoms with Crippen molar-refractivity contribution in [2.75, 3.05) is 11.1 Å². The third kappa shape index (κ3) is 4.99. The van der Waals surface area contributed by atoms with E-state index in [1.807, 2.05) is 22.8 Å². The van der Waals surface area contributed by atoms with Crippen molar-refractivity contribution in [3.8, 4) is 17.1 Å². The summed E-state index contributed by atoms with van der Waals surface area (Å²) < 4.78 is 29.0. The summed E-state index contributed by atoms with van der Waals surface area (Å²) in [6, 6.07) is 12.9. The van der Waals surface area contributed by atoms with E-state index in [0.29, 0.717) is 11.0 Å². The SMILES string of the molecule is CCc1cccc(CC)c1-n1c(SCC(=O)Nc2ccc(F)cc2F)nnc1-c1cccnc1. The maximum Gasteiger partial charge on any atom is 0.234 e. The molecule has 0 atom stereocenters. The second kappa shape index (κ2) is 10.6. The number of hydrogen-bond acceptors (Lipinski definition) is 5. The highest BCUT2D eigenvalue weighted by Crippen LogP contribution is 2.32. The van der Waals surface area contributed by atoms with Crippen LogP contribution in [-0.4, -0.2) is 31.4 Å². The fraction of sp³-hybridized carbons (Fsp3) is 0.200. The summed E-state index contributed by atoms with van der Waals surface area (Å²) in [6.45, 7) is 4.17. The molecule has 0 bridgehead atoms. The number of hydrogen-bond donors (Lipinski definition) is 1. The molecule has 0 saturated heterocycles. The van der Waals surface area contributed by atoms with Crippen molar-refractivity contribution >= 4 is 23.4 Å². The van der Waals surface area contributed by atoms with E-state index in [2.05, 4.69) is 46.5 Å². The highest BCUT2D eigenvalue weighted by atomic mass is 32.2. The Labute approximate surface area is 200 Å². The number of anilines is 1. The highest BCUT2D eigenvalue weighted by Gasteiger charge is 2.21. The number of nitrogens with zero attached hydrogens (tertiary/aromatic N) is 4. The Morgan fingerprint density at radius 2 is 1.79 bits per heavy atom. The zero-order valence-electron chi connectivity index (χ0n) is 18.8. The smallest absolute Gasteiger partial charge is 0.234 e. The van der Waals surface area contributed by atoms with Crippen molar-refractivity contribution in [2.45, 2.75) is 31.8 Å². The lowest BCUT2D eigenvalue weighted by atomic mass is 10.0. The second-order valence-corrected chi connectivity index (χ2v) is 8.42. The van der Waals surface area contributed by atoms with Gasteiger partial charge in [0, 0.05) is 24.0 Å². The van der Waals surface area contributed by atoms with Crippen LogP contribution in [0.1, 0.15) is 25.0 Å². The molecule has 6 nitrogen and oxygen atoms in total. The van der Waals surface area contributed by atoms with Gasteiger partial charge in [0.2, 0.25) is 5.91 Å². The quantitative estimate of drug-likeness (QED) is 0.340. The van der Waals surface area contributed by atoms with Gasteiger partial charge in [0.15, 0.2) is 11.0 Å². The van der Waals surface area contributed by atoms with Crippen LogP contribution in [-0.2, 0) is 17.6 Å². The molecule has 2 heterocycles. The van der Waals surface area contributed by atoms with Gasteiger partial charge in [0.25, 0.3) is 0 Å². The minimum atomic E-state index is -0.829. The Morgan fingerprint density at radius 3 is 2.44 bits per heavy atom. The first kappa shape index (κ1) is 23.6. The summed E-state index contributed by atoms with van der Waals surface area (Å²) in [6.07, 6.45) is 5.03. The third-order valence-corrected chi connectivity index (χ3v) is 6.21. The van der Waals surface area contributed by atoms with E-state index in [-0.39, 0.29) is 11.4 Å². The number of para-hydroxylation sites is 1. The Hall–Kier alpha value is -3.59. The number of rotatable bonds is 8. The van der Waals surface area contributed by atoms with Gasteiger partial charge >= 0.3 is 0 Å². The number of benzene rings is 2. The molecule has 0 saturated carbocycles. The number of thioether (sulfide) groups is 1. The van der Waals surface area contributed by atoms with Gasteiger partial charge in [0.1, 0.15) is 11.6 Å². The highest BCUT2D eigenvalue weighted by molar-refractivity contribution is 7.99. The Bertz CT molecular complexity index is 1290. The molecule has 2 aromatic heterocycles. The van der Waals surface area contributed by atoms with E-state index in [1.54, 1.807) is 12.4 Å². The summed E-state index contributed by atoms with van der Waals surface area (Å²) in [4.78, 5) is 16.7. The average Bonchev–Trinajstić information content (AvgIpc) is 3.28. The lowest BCUT2D eigenvalue weighted by Crippen LogP contribution is -2.16. The van der Waals surface area contributed by atoms with Crippen LogP contribution >= 0.6 is 11.8 Å². The van der Waals surface area contributed by atoms with Gasteiger partial charge in [-0.05, 0) is 48.2 Å². The van der Waals surface area contributed by atoms with E-state index < -0.39 is 17.5 Å². The van der Waals surface area contributed by atoms with Gasteiger partial charge in [0.05, 0.1) is 17.1 Å². The third-order valence-electron chi connectivity index (χ3n) is 5.28. The van der Waals surface area contributed by atoms with E-state index in [1.165, 1.54) is 17.8 Å². The van der Waals surface area contributed by atoms with Gasteiger partial charge in [-0.2, -0.15) is 0 Å². The largest absolute Gasteiger partial charge is 0.323 e. The number of amides is 1. The summed E-state index contributed by atoms with van der Waals surface area (Å²) in [5.41, 5.74) is 3.97. The number of carbonyl (C=O) groups excluding carboxylic acids is 1. The van der Waals surface area contributed by atoms with E-state index in [4.69, 9.17) is 0 Å². The predicted molar refractivity (Wildman–Crippen MR) is 129 cm³/mol. The van der Waals surface area contributed by atoms with Crippen LogP contribution in [0.25, 0.3) is 17.1 Å². The monoisotopic (exact) mass is 479 g/mol. The first-order valence-corrected chi connectivity index (χ1v) is 11.8. The molecule has 174 valence electrons. The maximum absolute atomic E-state index is 13.9. The minimum absolute atomic E-state index is 0.0300. The fourth-order valence-corrected chi connectivity index (χ4v) is 4.39. The van der Waals surface area contributed by atoms with Crippen LogP contribution in [0.15, 0.2) is 66.1 Å². The van der Waals surface area contributed by atoms with Crippen LogP contribution in [0.2, 0.25) is 0 Å². The molecule has 4 rings (SSSR count). The van der Waals surface area contributed by atoms with Crippen LogP contribution in [0.4, 0.5) is 14.5 Å². The van der Waals surface area contributed by atoms with E-state index in [0.717, 1.165) is 47.4 Å². The number of aromatic nitrogens is 4. The molecule has 1 N–H and O–H groups in total. The summed E-state index contributed by atoms with van der Waals surface area (Å²) >= 11 is 1.19. The van der Waals surface area contributed by atoms with E-state index in [9.17, 15) is 13.6 Å². The average molecular weight is 480 g/mol. The molecule has 0 aliphatic carbocycles. The molecule has 2 aromatic carbocycles. The maximum atomic E-state index is 13.9. The minimum Gasteiger partial charge on any atom is -0.323 e. The zero-order chi connectivity index (χ0) is 24.1. The van der Waals surface area contributed by atoms with Crippen molar-refractivity contribution in [3.05, 3.63) is 83.7 Å². The first-order chi connectivity index (χ1) is 16.5. The van der Waals surface area contributed by atoms with Gasteiger partial charge in [-0.3, -0.25) is 14.3 Å². The molecule has 0 aliphatic heterocycles. The molecule has 0 spiro atoms. The zero-order valence-corrected chi connectivity index (χ0v) is 19.6. The van der Waals surface area contributed by atoms with Crippen LogP contribution in [0.3, 0.4) is 0 Å². The lowest BCUT2D eigenvalue weighted by molar-refractivity contribution is -0.113. The molecule has 0 aliphatic rings. The summed E-state index contributed by atoms with van der Waals surface area (Å²) in [5, 5.41) is 11.8. The molecule has 4 aromatic rings. The van der Waals surface area contributed by atoms with Crippen LogP contribution in [0, 0.1) is 11.6 Å². The molecule has 0 radical (unpaired) electrons. The van der Waals surface area contributed by atoms with Crippen LogP contribution < -0.4 is 5.32 Å². The second-order valence-electron chi connectivity index (χ2n) is 7.48. The number of nitrogens with one attached hydrogen (secondary N) is 1. The van der Waals surface area contributed by atoms with Gasteiger partial charge in [-0.15, -0.1) is 10.2 Å². The van der Waals surface area contributed by atoms with Crippen molar-refractivity contribution in [3.63, 3.8) is 0 Å². The topological polar surface area (TPSA) is 72.7 Å². The summed E-state index contributed by atoms with van der Waals surface area (Å²) in [7, 11) is 0. The molecule has 34 heavy (non-hydrogen) atoms. The van der Waals surface area contributed by atoms with Gasteiger partial charge in [-0.25, -0.2) is 8.78 Å². The molecule has 0 fully saturated rings. The van der Waals surface area contributed by atoms with E-state index >= 15 is 0 Å². The standard InChI is InChI=1S/C25H23F2N5OS/c1-3-16-7-5-8-17(4-2)23(16)32-24(18-9-6-12-28-14-18)30-31-25(32)34-15-22(33)29-21-11-10-19(26)13-20(21)27/h5-14H,3-4,15H2,1-2H3,(H,29,33). The summed E-state index contributed by atoms with van der Waals surface area (Å²) in [5.74, 6) is -1.38. The molecular weight excluding hydrogens is 456 g/mol. The Balaban J connectivity index is 1.69. The number of carbonyl (C=O) groups is 1. The van der Waals surface area contributed by atoms with Crippen molar-refractivity contribution < 1.29 is 13.6 Å². The predicted octanol–water partition coefficient (Wildman–Crippen LogP) is 5.46. The first-order valence-electron chi connectivity index (χ1n) is 10.9. The van der Waals surface area contributed by atoms with Gasteiger partial charge in [-0.1, -0.05) is 43.8 Å². The fourth-order valence-electron chi connectivity index (χ4n) is 3.66. The molecular formula is C25H23F2N5OS. The van der Waals surface area contributed by atoms with Crippen molar-refractivity contribution in [2.24, 2.45) is 0 Å². The lowest BCUT2D eigenvalue weighted by Gasteiger charge is -2.18. The normalized spacial score (nSPS) is 10.9. The van der Waals surface area contributed by atoms with Crippen molar-refractivity contribution in [1.29, 1.82) is 0 Å². The number of aryl methyl sites for hydroxylation is 2. The number of pyridine rings is 1. The van der Waals surface area contributed by atoms with Crippen molar-refractivity contribution in [1.82, 2.24) is 19.7 Å². The Morgan fingerprint density at radius 1 is 1.03 bits per heavy atom. The molecule has 9 heteroatoms. The Kier molecular flexibility index (Phi) is 7.32.